The monoisotopic (exact) mass is 289 g/mol. The molecule has 100 valence electrons. The van der Waals surface area contributed by atoms with Crippen molar-refractivity contribution < 1.29 is 4.39 Å². The third-order valence-electron chi connectivity index (χ3n) is 3.53. The Morgan fingerprint density at radius 1 is 1.06 bits per heavy atom. The van der Waals surface area contributed by atoms with Gasteiger partial charge >= 0.3 is 0 Å². The maximum absolute atomic E-state index is 13.3. The van der Waals surface area contributed by atoms with Crippen LogP contribution >= 0.6 is 23.2 Å². The van der Waals surface area contributed by atoms with Gasteiger partial charge in [0.05, 0.1) is 10.0 Å². The van der Waals surface area contributed by atoms with Crippen LogP contribution in [0.5, 0.6) is 0 Å². The van der Waals surface area contributed by atoms with Crippen LogP contribution in [0.4, 0.5) is 10.1 Å². The van der Waals surface area contributed by atoms with E-state index in [4.69, 9.17) is 23.2 Å². The second-order valence-electron chi connectivity index (χ2n) is 5.51. The molecule has 0 aliphatic heterocycles. The number of benzene rings is 1. The lowest BCUT2D eigenvalue weighted by Gasteiger charge is -2.32. The van der Waals surface area contributed by atoms with Crippen LogP contribution in [0.15, 0.2) is 12.1 Å². The minimum atomic E-state index is -0.547. The van der Waals surface area contributed by atoms with Crippen LogP contribution < -0.4 is 5.32 Å². The summed E-state index contributed by atoms with van der Waals surface area (Å²) in [7, 11) is 0. The van der Waals surface area contributed by atoms with Gasteiger partial charge in [0.2, 0.25) is 0 Å². The van der Waals surface area contributed by atoms with E-state index in [1.807, 2.05) is 0 Å². The molecule has 0 aromatic heterocycles. The van der Waals surface area contributed by atoms with Gasteiger partial charge in [0, 0.05) is 11.7 Å². The first-order valence-electron chi connectivity index (χ1n) is 6.36. The predicted octanol–water partition coefficient (Wildman–Crippen LogP) is 5.37. The van der Waals surface area contributed by atoms with Gasteiger partial charge in [-0.3, -0.25) is 0 Å². The molecule has 1 aromatic rings. The molecule has 18 heavy (non-hydrogen) atoms. The molecule has 0 saturated heterocycles. The Morgan fingerprint density at radius 2 is 1.56 bits per heavy atom. The molecule has 4 heteroatoms. The van der Waals surface area contributed by atoms with E-state index < -0.39 is 5.82 Å². The summed E-state index contributed by atoms with van der Waals surface area (Å²) in [6.45, 7) is 4.55. The molecule has 0 spiro atoms. The molecule has 2 atom stereocenters. The molecule has 0 heterocycles. The van der Waals surface area contributed by atoms with Gasteiger partial charge in [0.15, 0.2) is 5.82 Å². The van der Waals surface area contributed by atoms with Gasteiger partial charge in [0.1, 0.15) is 0 Å². The van der Waals surface area contributed by atoms with Crippen LogP contribution in [0.1, 0.15) is 33.1 Å². The van der Waals surface area contributed by atoms with Crippen LogP contribution in [0.3, 0.4) is 0 Å². The van der Waals surface area contributed by atoms with Gasteiger partial charge in [-0.05, 0) is 43.2 Å². The van der Waals surface area contributed by atoms with Crippen LogP contribution in [0.25, 0.3) is 0 Å². The smallest absolute Gasteiger partial charge is 0.160 e. The van der Waals surface area contributed by atoms with E-state index in [0.29, 0.717) is 6.04 Å². The molecule has 0 amide bonds. The summed E-state index contributed by atoms with van der Waals surface area (Å²) >= 11 is 11.6. The van der Waals surface area contributed by atoms with Crippen molar-refractivity contribution in [1.29, 1.82) is 0 Å². The Labute approximate surface area is 118 Å². The average Bonchev–Trinajstić information content (AvgIpc) is 2.24. The Hall–Kier alpha value is -0.470. The first kappa shape index (κ1) is 14.0. The molecule has 2 rings (SSSR count). The Morgan fingerprint density at radius 3 is 2.06 bits per heavy atom. The van der Waals surface area contributed by atoms with Crippen molar-refractivity contribution in [3.05, 3.63) is 28.0 Å². The highest BCUT2D eigenvalue weighted by Gasteiger charge is 2.24. The Balaban J connectivity index is 2.09. The molecule has 0 bridgehead atoms. The van der Waals surface area contributed by atoms with E-state index in [2.05, 4.69) is 19.2 Å². The minimum absolute atomic E-state index is 0.0712. The summed E-state index contributed by atoms with van der Waals surface area (Å²) in [6, 6.07) is 3.63. The fraction of sp³-hybridized carbons (Fsp3) is 0.571. The molecule has 2 unspecified atom stereocenters. The van der Waals surface area contributed by atoms with Crippen molar-refractivity contribution in [2.24, 2.45) is 11.8 Å². The minimum Gasteiger partial charge on any atom is -0.382 e. The van der Waals surface area contributed by atoms with Gasteiger partial charge in [-0.15, -0.1) is 0 Å². The second kappa shape index (κ2) is 5.66. The fourth-order valence-corrected chi connectivity index (χ4v) is 3.43. The van der Waals surface area contributed by atoms with Crippen molar-refractivity contribution in [3.63, 3.8) is 0 Å². The Kier molecular flexibility index (Phi) is 4.39. The van der Waals surface area contributed by atoms with Gasteiger partial charge in [-0.1, -0.05) is 37.0 Å². The lowest BCUT2D eigenvalue weighted by atomic mass is 9.80. The van der Waals surface area contributed by atoms with E-state index >= 15 is 0 Å². The fourth-order valence-electron chi connectivity index (χ4n) is 2.94. The summed E-state index contributed by atoms with van der Waals surface area (Å²) in [6.07, 6.45) is 3.55. The highest BCUT2D eigenvalue weighted by molar-refractivity contribution is 6.35. The zero-order valence-corrected chi connectivity index (χ0v) is 12.2. The predicted molar refractivity (Wildman–Crippen MR) is 76.0 cm³/mol. The van der Waals surface area contributed by atoms with E-state index in [9.17, 15) is 4.39 Å². The zero-order valence-electron chi connectivity index (χ0n) is 10.6. The second-order valence-corrected chi connectivity index (χ2v) is 6.33. The molecule has 1 nitrogen and oxygen atoms in total. The molecule has 1 N–H and O–H groups in total. The summed E-state index contributed by atoms with van der Waals surface area (Å²) in [5.41, 5.74) is 0.803. The molecule has 1 aromatic carbocycles. The van der Waals surface area contributed by atoms with Crippen LogP contribution in [-0.2, 0) is 0 Å². The van der Waals surface area contributed by atoms with Crippen molar-refractivity contribution in [3.8, 4) is 0 Å². The topological polar surface area (TPSA) is 12.0 Å². The summed E-state index contributed by atoms with van der Waals surface area (Å²) in [5, 5.41) is 3.56. The quantitative estimate of drug-likeness (QED) is 0.722. The third kappa shape index (κ3) is 3.30. The van der Waals surface area contributed by atoms with E-state index in [1.54, 1.807) is 12.1 Å². The van der Waals surface area contributed by atoms with E-state index in [-0.39, 0.29) is 10.0 Å². The van der Waals surface area contributed by atoms with E-state index in [0.717, 1.165) is 30.4 Å². The molecule has 1 aliphatic rings. The number of hydrogen-bond acceptors (Lipinski definition) is 1. The van der Waals surface area contributed by atoms with Gasteiger partial charge < -0.3 is 5.32 Å². The summed E-state index contributed by atoms with van der Waals surface area (Å²) < 4.78 is 13.3. The number of anilines is 1. The average molecular weight is 290 g/mol. The normalized spacial score (nSPS) is 28.2. The number of hydrogen-bond donors (Lipinski definition) is 1. The van der Waals surface area contributed by atoms with Gasteiger partial charge in [0.25, 0.3) is 0 Å². The Bertz CT molecular complexity index is 403. The van der Waals surface area contributed by atoms with Crippen LogP contribution in [0.2, 0.25) is 10.0 Å². The van der Waals surface area contributed by atoms with Crippen molar-refractivity contribution in [2.75, 3.05) is 5.32 Å². The summed E-state index contributed by atoms with van der Waals surface area (Å²) in [4.78, 5) is 0. The van der Waals surface area contributed by atoms with Gasteiger partial charge in [-0.25, -0.2) is 4.39 Å². The lowest BCUT2D eigenvalue weighted by Crippen LogP contribution is -2.30. The molecule has 1 aliphatic carbocycles. The largest absolute Gasteiger partial charge is 0.382 e. The maximum atomic E-state index is 13.3. The van der Waals surface area contributed by atoms with Crippen molar-refractivity contribution >= 4 is 28.9 Å². The van der Waals surface area contributed by atoms with Gasteiger partial charge in [-0.2, -0.15) is 0 Å². The molecule has 1 saturated carbocycles. The number of halogens is 3. The third-order valence-corrected chi connectivity index (χ3v) is 4.08. The standard InChI is InChI=1S/C14H18Cl2FN/c1-8-3-9(2)5-10(4-8)18-11-6-12(15)14(17)13(16)7-11/h6-10,18H,3-5H2,1-2H3. The van der Waals surface area contributed by atoms with Crippen molar-refractivity contribution in [2.45, 2.75) is 39.2 Å². The summed E-state index contributed by atoms with van der Waals surface area (Å²) in [5.74, 6) is 0.893. The molecular weight excluding hydrogens is 272 g/mol. The van der Waals surface area contributed by atoms with Crippen molar-refractivity contribution in [1.82, 2.24) is 0 Å². The maximum Gasteiger partial charge on any atom is 0.160 e. The highest BCUT2D eigenvalue weighted by Crippen LogP contribution is 2.32. The molecular formula is C14H18Cl2FN. The number of nitrogens with one attached hydrogen (secondary N) is 1. The van der Waals surface area contributed by atoms with E-state index in [1.165, 1.54) is 6.42 Å². The first-order chi connectivity index (χ1) is 8.45. The lowest BCUT2D eigenvalue weighted by molar-refractivity contribution is 0.281. The molecule has 0 radical (unpaired) electrons. The first-order valence-corrected chi connectivity index (χ1v) is 7.12. The van der Waals surface area contributed by atoms with Crippen LogP contribution in [-0.4, -0.2) is 6.04 Å². The SMILES string of the molecule is CC1CC(C)CC(Nc2cc(Cl)c(F)c(Cl)c2)C1. The van der Waals surface area contributed by atoms with Crippen LogP contribution in [0, 0.1) is 17.7 Å². The number of rotatable bonds is 2. The molecule has 1 fully saturated rings. The zero-order chi connectivity index (χ0) is 13.3. The highest BCUT2D eigenvalue weighted by atomic mass is 35.5.